The predicted octanol–water partition coefficient (Wildman–Crippen LogP) is 0.923. The summed E-state index contributed by atoms with van der Waals surface area (Å²) in [7, 11) is -1.74. The first-order chi connectivity index (χ1) is 11.9. The second-order valence-corrected chi connectivity index (χ2v) is 10.1. The van der Waals surface area contributed by atoms with E-state index in [9.17, 15) is 19.0 Å². The van der Waals surface area contributed by atoms with E-state index >= 15 is 0 Å². The van der Waals surface area contributed by atoms with Crippen molar-refractivity contribution in [1.82, 2.24) is 9.55 Å². The second kappa shape index (κ2) is 7.78. The van der Waals surface area contributed by atoms with Gasteiger partial charge in [-0.25, -0.2) is 4.79 Å². The van der Waals surface area contributed by atoms with E-state index in [2.05, 4.69) is 4.98 Å². The van der Waals surface area contributed by atoms with Gasteiger partial charge in [-0.1, -0.05) is 0 Å². The molecule has 2 unspecified atom stereocenters. The van der Waals surface area contributed by atoms with Crippen molar-refractivity contribution in [3.05, 3.63) is 33.1 Å². The molecule has 0 aliphatic carbocycles. The van der Waals surface area contributed by atoms with Crippen LogP contribution in [0.15, 0.2) is 21.9 Å². The Hall–Kier alpha value is -1.25. The van der Waals surface area contributed by atoms with Gasteiger partial charge in [0.2, 0.25) is 0 Å². The Morgan fingerprint density at radius 3 is 2.50 bits per heavy atom. The fourth-order valence-electron chi connectivity index (χ4n) is 2.96. The van der Waals surface area contributed by atoms with E-state index < -0.39 is 48.8 Å². The standard InChI is InChI=1S/C16H27N2O7P/c1-16(2,3)25-12-10(7-9-26(5,21)22)24-14(13(12)23-4)18-8-6-11(19)17-15(18)20/h6,8,10,12-14H,7,9H2,1-5H3,(H,21,22)(H,17,19,20)/t10-,12?,13+,14-/m1/s1. The normalized spacial score (nSPS) is 28.8. The molecule has 10 heteroatoms. The Balaban J connectivity index is 2.36. The highest BCUT2D eigenvalue weighted by molar-refractivity contribution is 7.57. The molecule has 26 heavy (non-hydrogen) atoms. The molecule has 0 radical (unpaired) electrons. The van der Waals surface area contributed by atoms with Crippen molar-refractivity contribution in [2.24, 2.45) is 0 Å². The molecule has 1 saturated heterocycles. The summed E-state index contributed by atoms with van der Waals surface area (Å²) in [6, 6.07) is 1.22. The van der Waals surface area contributed by atoms with Crippen molar-refractivity contribution >= 4 is 7.37 Å². The molecule has 2 N–H and O–H groups in total. The van der Waals surface area contributed by atoms with Gasteiger partial charge in [-0.2, -0.15) is 0 Å². The van der Waals surface area contributed by atoms with Gasteiger partial charge in [-0.05, 0) is 27.2 Å². The summed E-state index contributed by atoms with van der Waals surface area (Å²) in [5.74, 6) is 0. The Kier molecular flexibility index (Phi) is 6.30. The summed E-state index contributed by atoms with van der Waals surface area (Å²) in [5, 5.41) is 0. The zero-order valence-corrected chi connectivity index (χ0v) is 16.6. The molecule has 1 aromatic heterocycles. The number of aromatic amines is 1. The summed E-state index contributed by atoms with van der Waals surface area (Å²) in [5.41, 5.74) is -1.64. The largest absolute Gasteiger partial charge is 0.374 e. The number of hydrogen-bond donors (Lipinski definition) is 2. The first-order valence-corrected chi connectivity index (χ1v) is 10.7. The first kappa shape index (κ1) is 21.1. The number of nitrogens with zero attached hydrogens (tertiary/aromatic N) is 1. The van der Waals surface area contributed by atoms with Gasteiger partial charge < -0.3 is 19.1 Å². The molecule has 2 rings (SSSR count). The maximum atomic E-state index is 12.2. The highest BCUT2D eigenvalue weighted by Gasteiger charge is 2.48. The van der Waals surface area contributed by atoms with Crippen LogP contribution in [0.2, 0.25) is 0 Å². The van der Waals surface area contributed by atoms with Crippen LogP contribution in [-0.4, -0.2) is 58.3 Å². The van der Waals surface area contributed by atoms with Gasteiger partial charge in [0.25, 0.3) is 5.56 Å². The van der Waals surface area contributed by atoms with Gasteiger partial charge in [0.05, 0.1) is 11.7 Å². The van der Waals surface area contributed by atoms with Crippen LogP contribution < -0.4 is 11.2 Å². The maximum absolute atomic E-state index is 12.2. The molecule has 0 amide bonds. The van der Waals surface area contributed by atoms with Crippen molar-refractivity contribution in [2.45, 2.75) is 57.3 Å². The number of ether oxygens (including phenoxy) is 3. The van der Waals surface area contributed by atoms with Crippen LogP contribution in [0.3, 0.4) is 0 Å². The molecule has 9 nitrogen and oxygen atoms in total. The van der Waals surface area contributed by atoms with E-state index in [4.69, 9.17) is 14.2 Å². The minimum atomic E-state index is -3.22. The third-order valence-electron chi connectivity index (χ3n) is 4.00. The van der Waals surface area contributed by atoms with Crippen LogP contribution >= 0.6 is 7.37 Å². The molecule has 0 spiro atoms. The van der Waals surface area contributed by atoms with Gasteiger partial charge in [0.15, 0.2) is 13.6 Å². The average molecular weight is 390 g/mol. The number of nitrogens with one attached hydrogen (secondary N) is 1. The van der Waals surface area contributed by atoms with Gasteiger partial charge in [-0.15, -0.1) is 0 Å². The highest BCUT2D eigenvalue weighted by Crippen LogP contribution is 2.41. The SMILES string of the molecule is CO[C@H]1C(OC(C)(C)C)[C@@H](CCP(C)(=O)O)O[C@H]1n1ccc(=O)[nH]c1=O. The van der Waals surface area contributed by atoms with Gasteiger partial charge in [0, 0.05) is 32.2 Å². The third-order valence-corrected chi connectivity index (χ3v) is 5.09. The van der Waals surface area contributed by atoms with Crippen molar-refractivity contribution in [2.75, 3.05) is 19.9 Å². The predicted molar refractivity (Wildman–Crippen MR) is 95.9 cm³/mol. The van der Waals surface area contributed by atoms with Crippen molar-refractivity contribution in [1.29, 1.82) is 0 Å². The number of hydrogen-bond acceptors (Lipinski definition) is 6. The van der Waals surface area contributed by atoms with Crippen LogP contribution in [0.1, 0.15) is 33.4 Å². The van der Waals surface area contributed by atoms with Crippen LogP contribution in [0.4, 0.5) is 0 Å². The zero-order valence-electron chi connectivity index (χ0n) is 15.7. The van der Waals surface area contributed by atoms with Gasteiger partial charge in [-0.3, -0.25) is 18.9 Å². The molecule has 2 heterocycles. The van der Waals surface area contributed by atoms with E-state index in [1.807, 2.05) is 20.8 Å². The minimum absolute atomic E-state index is 0.0609. The third kappa shape index (κ3) is 5.37. The molecule has 1 aliphatic rings. The number of methoxy groups -OCH3 is 1. The molecule has 148 valence electrons. The Morgan fingerprint density at radius 2 is 2.00 bits per heavy atom. The molecule has 1 aromatic rings. The molecular formula is C16H27N2O7P. The topological polar surface area (TPSA) is 120 Å². The number of H-pyrrole nitrogens is 1. The van der Waals surface area contributed by atoms with E-state index in [1.165, 1.54) is 30.6 Å². The van der Waals surface area contributed by atoms with Crippen LogP contribution in [0.25, 0.3) is 0 Å². The monoisotopic (exact) mass is 390 g/mol. The minimum Gasteiger partial charge on any atom is -0.374 e. The van der Waals surface area contributed by atoms with Gasteiger partial charge >= 0.3 is 5.69 Å². The zero-order chi connectivity index (χ0) is 19.7. The summed E-state index contributed by atoms with van der Waals surface area (Å²) >= 11 is 0. The van der Waals surface area contributed by atoms with Crippen molar-refractivity contribution < 1.29 is 23.7 Å². The lowest BCUT2D eigenvalue weighted by Gasteiger charge is -2.31. The fraction of sp³-hybridized carbons (Fsp3) is 0.750. The molecule has 0 bridgehead atoms. The molecular weight excluding hydrogens is 363 g/mol. The van der Waals surface area contributed by atoms with Crippen LogP contribution in [0, 0.1) is 0 Å². The van der Waals surface area contributed by atoms with Crippen LogP contribution in [-0.2, 0) is 18.8 Å². The van der Waals surface area contributed by atoms with Crippen molar-refractivity contribution in [3.63, 3.8) is 0 Å². The maximum Gasteiger partial charge on any atom is 0.330 e. The lowest BCUT2D eigenvalue weighted by molar-refractivity contribution is -0.120. The highest BCUT2D eigenvalue weighted by atomic mass is 31.2. The number of aromatic nitrogens is 2. The second-order valence-electron chi connectivity index (χ2n) is 7.54. The quantitative estimate of drug-likeness (QED) is 0.693. The van der Waals surface area contributed by atoms with E-state index in [1.54, 1.807) is 0 Å². The molecule has 1 fully saturated rings. The Labute approximate surface area is 151 Å². The van der Waals surface area contributed by atoms with E-state index in [0.717, 1.165) is 0 Å². The fourth-order valence-corrected chi connectivity index (χ4v) is 3.69. The molecule has 5 atom stereocenters. The number of rotatable bonds is 6. The first-order valence-electron chi connectivity index (χ1n) is 8.38. The smallest absolute Gasteiger partial charge is 0.330 e. The molecule has 0 saturated carbocycles. The Morgan fingerprint density at radius 1 is 1.35 bits per heavy atom. The van der Waals surface area contributed by atoms with E-state index in [-0.39, 0.29) is 12.6 Å². The Bertz CT molecular complexity index is 776. The molecule has 0 aromatic carbocycles. The summed E-state index contributed by atoms with van der Waals surface area (Å²) in [6.07, 6.45) is -0.858. The lowest BCUT2D eigenvalue weighted by atomic mass is 10.1. The average Bonchev–Trinajstić information content (AvgIpc) is 2.80. The van der Waals surface area contributed by atoms with Crippen molar-refractivity contribution in [3.8, 4) is 0 Å². The van der Waals surface area contributed by atoms with Gasteiger partial charge in [0.1, 0.15) is 12.2 Å². The summed E-state index contributed by atoms with van der Waals surface area (Å²) in [4.78, 5) is 35.3. The summed E-state index contributed by atoms with van der Waals surface area (Å²) in [6.45, 7) is 6.94. The van der Waals surface area contributed by atoms with Crippen LogP contribution in [0.5, 0.6) is 0 Å². The molecule has 1 aliphatic heterocycles. The van der Waals surface area contributed by atoms with E-state index in [0.29, 0.717) is 0 Å². The summed E-state index contributed by atoms with van der Waals surface area (Å²) < 4.78 is 30.5. The lowest BCUT2D eigenvalue weighted by Crippen LogP contribution is -2.43.